The van der Waals surface area contributed by atoms with Crippen LogP contribution in [0.2, 0.25) is 0 Å². The first-order valence-electron chi connectivity index (χ1n) is 15.7. The Morgan fingerprint density at radius 2 is 0.809 bits per heavy atom. The highest BCUT2D eigenvalue weighted by Crippen LogP contribution is 2.50. The molecule has 0 atom stereocenters. The van der Waals surface area contributed by atoms with E-state index in [4.69, 9.17) is 15.0 Å². The van der Waals surface area contributed by atoms with Crippen LogP contribution in [-0.2, 0) is 0 Å². The third-order valence-corrected chi connectivity index (χ3v) is 9.95. The van der Waals surface area contributed by atoms with Gasteiger partial charge >= 0.3 is 0 Å². The fourth-order valence-electron chi connectivity index (χ4n) is 6.53. The maximum atomic E-state index is 5.00. The van der Waals surface area contributed by atoms with E-state index in [0.29, 0.717) is 17.5 Å². The number of hydrogen-bond acceptors (Lipinski definition) is 4. The van der Waals surface area contributed by atoms with E-state index in [2.05, 4.69) is 103 Å². The molecule has 0 spiro atoms. The van der Waals surface area contributed by atoms with Crippen molar-refractivity contribution >= 4 is 22.5 Å². The van der Waals surface area contributed by atoms with Gasteiger partial charge in [0.25, 0.3) is 0 Å². The lowest BCUT2D eigenvalue weighted by Crippen LogP contribution is -2.00. The molecule has 0 N–H and O–H groups in total. The standard InChI is InChI=1S/C43H27N3S/c1-3-13-29(14-4-1)41-44-42(30-15-5-2-6-16-30)46-43(45-41)32-20-9-19-31(27-32)33-22-12-25-37-36-24-11-18-28-17-10-23-35(39(28)36)34-21-7-8-26-38(34)47-40(33)37/h1-27H. The van der Waals surface area contributed by atoms with Crippen molar-refractivity contribution < 1.29 is 0 Å². The van der Waals surface area contributed by atoms with Crippen LogP contribution < -0.4 is 0 Å². The summed E-state index contributed by atoms with van der Waals surface area (Å²) in [5.74, 6) is 1.96. The zero-order valence-electron chi connectivity index (χ0n) is 25.3. The van der Waals surface area contributed by atoms with Crippen LogP contribution in [0.5, 0.6) is 0 Å². The first-order valence-corrected chi connectivity index (χ1v) is 16.5. The molecule has 2 heterocycles. The number of nitrogens with zero attached hydrogens (tertiary/aromatic N) is 3. The predicted molar refractivity (Wildman–Crippen MR) is 194 cm³/mol. The van der Waals surface area contributed by atoms with E-state index >= 15 is 0 Å². The Morgan fingerprint density at radius 1 is 0.340 bits per heavy atom. The second-order valence-electron chi connectivity index (χ2n) is 11.6. The molecule has 0 saturated heterocycles. The molecular formula is C43H27N3S. The molecule has 8 aromatic rings. The minimum absolute atomic E-state index is 0.648. The molecule has 3 nitrogen and oxygen atoms in total. The molecule has 0 aliphatic carbocycles. The van der Waals surface area contributed by atoms with Crippen molar-refractivity contribution in [3.63, 3.8) is 0 Å². The summed E-state index contributed by atoms with van der Waals surface area (Å²) in [6, 6.07) is 57.6. The van der Waals surface area contributed by atoms with Gasteiger partial charge in [0.05, 0.1) is 0 Å². The van der Waals surface area contributed by atoms with Crippen molar-refractivity contribution in [1.82, 2.24) is 15.0 Å². The van der Waals surface area contributed by atoms with Crippen LogP contribution in [0.3, 0.4) is 0 Å². The molecule has 220 valence electrons. The van der Waals surface area contributed by atoms with Gasteiger partial charge in [-0.1, -0.05) is 163 Å². The fraction of sp³-hybridized carbons (Fsp3) is 0. The van der Waals surface area contributed by atoms with Gasteiger partial charge < -0.3 is 0 Å². The van der Waals surface area contributed by atoms with Gasteiger partial charge in [-0.05, 0) is 56.3 Å². The maximum Gasteiger partial charge on any atom is 0.164 e. The smallest absolute Gasteiger partial charge is 0.164 e. The minimum Gasteiger partial charge on any atom is -0.208 e. The molecule has 0 saturated carbocycles. The third-order valence-electron chi connectivity index (χ3n) is 8.73. The summed E-state index contributed by atoms with van der Waals surface area (Å²) in [7, 11) is 0. The lowest BCUT2D eigenvalue weighted by atomic mass is 9.90. The summed E-state index contributed by atoms with van der Waals surface area (Å²) in [6.45, 7) is 0. The molecule has 0 fully saturated rings. The van der Waals surface area contributed by atoms with Gasteiger partial charge in [-0.25, -0.2) is 15.0 Å². The predicted octanol–water partition coefficient (Wildman–Crippen LogP) is 11.5. The summed E-state index contributed by atoms with van der Waals surface area (Å²) in [5.41, 5.74) is 10.2. The summed E-state index contributed by atoms with van der Waals surface area (Å²) >= 11 is 1.85. The zero-order valence-corrected chi connectivity index (χ0v) is 26.2. The molecule has 47 heavy (non-hydrogen) atoms. The Hall–Kier alpha value is -5.84. The zero-order chi connectivity index (χ0) is 31.2. The summed E-state index contributed by atoms with van der Waals surface area (Å²) < 4.78 is 0. The third kappa shape index (κ3) is 4.91. The molecule has 4 heteroatoms. The first kappa shape index (κ1) is 27.5. The Morgan fingerprint density at radius 3 is 1.51 bits per heavy atom. The molecule has 0 unspecified atom stereocenters. The topological polar surface area (TPSA) is 38.7 Å². The van der Waals surface area contributed by atoms with E-state index in [9.17, 15) is 0 Å². The minimum atomic E-state index is 0.648. The highest BCUT2D eigenvalue weighted by atomic mass is 32.2. The second-order valence-corrected chi connectivity index (χ2v) is 12.7. The SMILES string of the molecule is c1ccc(-c2nc(-c3ccccc3)nc(-c3cccc(-c4cccc5c4Sc4ccccc4-c4cccc6cccc-5c46)c3)n2)cc1. The Bertz CT molecular complexity index is 2370. The van der Waals surface area contributed by atoms with Gasteiger partial charge in [-0.2, -0.15) is 0 Å². The molecule has 0 bridgehead atoms. The van der Waals surface area contributed by atoms with E-state index in [1.165, 1.54) is 48.4 Å². The number of rotatable bonds is 4. The lowest BCUT2D eigenvalue weighted by Gasteiger charge is -2.22. The van der Waals surface area contributed by atoms with E-state index in [0.717, 1.165) is 22.3 Å². The normalized spacial score (nSPS) is 11.7. The summed E-state index contributed by atoms with van der Waals surface area (Å²) in [6.07, 6.45) is 0. The Labute approximate surface area is 277 Å². The van der Waals surface area contributed by atoms with Gasteiger partial charge in [-0.15, -0.1) is 0 Å². The maximum absolute atomic E-state index is 5.00. The molecule has 9 rings (SSSR count). The average molecular weight is 618 g/mol. The molecule has 0 radical (unpaired) electrons. The van der Waals surface area contributed by atoms with Crippen LogP contribution in [0.15, 0.2) is 174 Å². The van der Waals surface area contributed by atoms with Crippen LogP contribution in [0, 0.1) is 0 Å². The summed E-state index contributed by atoms with van der Waals surface area (Å²) in [5, 5.41) is 2.54. The van der Waals surface area contributed by atoms with Crippen LogP contribution in [-0.4, -0.2) is 15.0 Å². The van der Waals surface area contributed by atoms with Crippen LogP contribution in [0.25, 0.3) is 78.3 Å². The molecule has 1 aromatic heterocycles. The van der Waals surface area contributed by atoms with E-state index in [-0.39, 0.29) is 0 Å². The highest BCUT2D eigenvalue weighted by molar-refractivity contribution is 7.99. The van der Waals surface area contributed by atoms with Gasteiger partial charge in [0.1, 0.15) is 0 Å². The molecule has 1 aliphatic rings. The monoisotopic (exact) mass is 617 g/mol. The van der Waals surface area contributed by atoms with Crippen molar-refractivity contribution in [2.24, 2.45) is 0 Å². The fourth-order valence-corrected chi connectivity index (χ4v) is 7.77. The van der Waals surface area contributed by atoms with E-state index in [1.807, 2.05) is 72.4 Å². The number of benzene rings is 7. The highest BCUT2D eigenvalue weighted by Gasteiger charge is 2.22. The largest absolute Gasteiger partial charge is 0.208 e. The molecule has 7 aromatic carbocycles. The van der Waals surface area contributed by atoms with E-state index in [1.54, 1.807) is 0 Å². The van der Waals surface area contributed by atoms with Gasteiger partial charge in [0.15, 0.2) is 17.5 Å². The van der Waals surface area contributed by atoms with Crippen molar-refractivity contribution in [2.75, 3.05) is 0 Å². The number of fused-ring (bicyclic) bond motifs is 4. The number of hydrogen-bond donors (Lipinski definition) is 0. The molecule has 0 amide bonds. The average Bonchev–Trinajstić information content (AvgIpc) is 3.15. The van der Waals surface area contributed by atoms with Crippen molar-refractivity contribution in [1.29, 1.82) is 0 Å². The lowest BCUT2D eigenvalue weighted by molar-refractivity contribution is 1.07. The van der Waals surface area contributed by atoms with Crippen molar-refractivity contribution in [2.45, 2.75) is 9.79 Å². The van der Waals surface area contributed by atoms with Gasteiger partial charge in [-0.3, -0.25) is 0 Å². The first-order chi connectivity index (χ1) is 23.3. The summed E-state index contributed by atoms with van der Waals surface area (Å²) in [4.78, 5) is 17.4. The number of aromatic nitrogens is 3. The van der Waals surface area contributed by atoms with Crippen LogP contribution in [0.1, 0.15) is 0 Å². The molecular weight excluding hydrogens is 591 g/mol. The van der Waals surface area contributed by atoms with E-state index < -0.39 is 0 Å². The Balaban J connectivity index is 1.24. The van der Waals surface area contributed by atoms with Gasteiger partial charge in [0, 0.05) is 26.5 Å². The quantitative estimate of drug-likeness (QED) is 0.197. The molecule has 1 aliphatic heterocycles. The van der Waals surface area contributed by atoms with Crippen LogP contribution >= 0.6 is 11.8 Å². The van der Waals surface area contributed by atoms with Gasteiger partial charge in [0.2, 0.25) is 0 Å². The second kappa shape index (κ2) is 11.5. The Kier molecular flexibility index (Phi) is 6.72. The van der Waals surface area contributed by atoms with Crippen LogP contribution in [0.4, 0.5) is 0 Å². The van der Waals surface area contributed by atoms with Crippen molar-refractivity contribution in [3.8, 4) is 67.5 Å². The van der Waals surface area contributed by atoms with Crippen molar-refractivity contribution in [3.05, 3.63) is 164 Å².